The highest BCUT2D eigenvalue weighted by molar-refractivity contribution is 5.68. The number of rotatable bonds is 2. The van der Waals surface area contributed by atoms with E-state index in [-0.39, 0.29) is 12.2 Å². The van der Waals surface area contributed by atoms with Gasteiger partial charge in [-0.1, -0.05) is 30.3 Å². The van der Waals surface area contributed by atoms with Crippen molar-refractivity contribution in [3.63, 3.8) is 0 Å². The molecule has 2 aromatic rings. The van der Waals surface area contributed by atoms with Gasteiger partial charge in [0.15, 0.2) is 12.1 Å². The van der Waals surface area contributed by atoms with Gasteiger partial charge in [0.25, 0.3) is 0 Å². The number of carbonyl (C=O) groups is 1. The molecule has 1 aliphatic heterocycles. The molecule has 2 heterocycles. The maximum absolute atomic E-state index is 13.8. The minimum absolute atomic E-state index is 0.203. The van der Waals surface area contributed by atoms with Gasteiger partial charge in [-0.2, -0.15) is 8.78 Å². The highest BCUT2D eigenvalue weighted by atomic mass is 19.3. The molecule has 0 bridgehead atoms. The minimum atomic E-state index is -3.05. The lowest BCUT2D eigenvalue weighted by Gasteiger charge is -2.11. The van der Waals surface area contributed by atoms with Crippen LogP contribution in [0.4, 0.5) is 13.2 Å². The summed E-state index contributed by atoms with van der Waals surface area (Å²) in [7, 11) is 0. The minimum Gasteiger partial charge on any atom is -0.294 e. The lowest BCUT2D eigenvalue weighted by atomic mass is 10.0. The Labute approximate surface area is 125 Å². The topological polar surface area (TPSA) is 47.8 Å². The molecule has 4 rings (SSSR count). The van der Waals surface area contributed by atoms with Crippen molar-refractivity contribution < 1.29 is 18.0 Å². The quantitative estimate of drug-likeness (QED) is 0.800. The molecule has 1 fully saturated rings. The van der Waals surface area contributed by atoms with Crippen molar-refractivity contribution in [1.29, 1.82) is 0 Å². The Morgan fingerprint density at radius 3 is 2.41 bits per heavy atom. The maximum Gasteiger partial charge on any atom is 0.308 e. The molecule has 0 N–H and O–H groups in total. The number of aldehydes is 1. The molecule has 1 aromatic heterocycles. The van der Waals surface area contributed by atoms with Gasteiger partial charge in [-0.25, -0.2) is 14.1 Å². The molecular formula is C15H14F3N3O. The van der Waals surface area contributed by atoms with Crippen molar-refractivity contribution in [1.82, 2.24) is 14.8 Å². The second kappa shape index (κ2) is 5.55. The fraction of sp³-hybridized carbons (Fsp3) is 0.400. The van der Waals surface area contributed by atoms with Crippen molar-refractivity contribution in [2.24, 2.45) is 0 Å². The van der Waals surface area contributed by atoms with Crippen LogP contribution in [0.15, 0.2) is 30.3 Å². The summed E-state index contributed by atoms with van der Waals surface area (Å²) < 4.78 is 39.8. The Balaban J connectivity index is 0.000000313. The molecule has 2 aliphatic rings. The predicted octanol–water partition coefficient (Wildman–Crippen LogP) is 3.29. The third-order valence-corrected chi connectivity index (χ3v) is 3.52. The third-order valence-electron chi connectivity index (χ3n) is 3.52. The Hall–Kier alpha value is -2.18. The van der Waals surface area contributed by atoms with Crippen molar-refractivity contribution in [2.75, 3.05) is 0 Å². The van der Waals surface area contributed by atoms with E-state index < -0.39 is 24.0 Å². The van der Waals surface area contributed by atoms with Crippen molar-refractivity contribution >= 4 is 6.29 Å². The van der Waals surface area contributed by atoms with Crippen LogP contribution >= 0.6 is 0 Å². The zero-order valence-corrected chi connectivity index (χ0v) is 11.6. The molecule has 7 heteroatoms. The van der Waals surface area contributed by atoms with Gasteiger partial charge in [-0.3, -0.25) is 4.79 Å². The fourth-order valence-electron chi connectivity index (χ4n) is 2.27. The van der Waals surface area contributed by atoms with Gasteiger partial charge in [0.05, 0.1) is 6.04 Å². The van der Waals surface area contributed by atoms with E-state index in [1.54, 1.807) is 24.3 Å². The Morgan fingerprint density at radius 2 is 1.86 bits per heavy atom. The number of aromatic nitrogens is 3. The molecule has 0 amide bonds. The molecule has 0 radical (unpaired) electrons. The van der Waals surface area contributed by atoms with Gasteiger partial charge >= 0.3 is 5.92 Å². The molecular weight excluding hydrogens is 295 g/mol. The van der Waals surface area contributed by atoms with E-state index in [4.69, 9.17) is 0 Å². The molecule has 1 aromatic carbocycles. The molecule has 22 heavy (non-hydrogen) atoms. The van der Waals surface area contributed by atoms with E-state index >= 15 is 0 Å². The molecule has 0 saturated heterocycles. The molecule has 1 saturated carbocycles. The number of benzene rings is 1. The van der Waals surface area contributed by atoms with Gasteiger partial charge in [0, 0.05) is 6.42 Å². The van der Waals surface area contributed by atoms with Gasteiger partial charge in [0.1, 0.15) is 6.17 Å². The van der Waals surface area contributed by atoms with Gasteiger partial charge < -0.3 is 0 Å². The van der Waals surface area contributed by atoms with E-state index in [9.17, 15) is 18.0 Å². The zero-order valence-electron chi connectivity index (χ0n) is 11.6. The monoisotopic (exact) mass is 309 g/mol. The van der Waals surface area contributed by atoms with Crippen LogP contribution in [0.1, 0.15) is 47.3 Å². The lowest BCUT2D eigenvalue weighted by Crippen LogP contribution is -2.10. The second-order valence-electron chi connectivity index (χ2n) is 5.37. The zero-order chi connectivity index (χ0) is 15.7. The number of carbonyl (C=O) groups excluding carboxylic acids is 1. The van der Waals surface area contributed by atoms with Crippen LogP contribution < -0.4 is 0 Å². The fourth-order valence-corrected chi connectivity index (χ4v) is 2.27. The van der Waals surface area contributed by atoms with Crippen molar-refractivity contribution in [2.45, 2.75) is 37.4 Å². The average molecular weight is 309 g/mol. The van der Waals surface area contributed by atoms with Crippen LogP contribution in [0.25, 0.3) is 0 Å². The molecule has 1 aliphatic carbocycles. The number of alkyl halides is 3. The largest absolute Gasteiger partial charge is 0.308 e. The van der Waals surface area contributed by atoms with Crippen LogP contribution in [0.2, 0.25) is 0 Å². The third kappa shape index (κ3) is 2.88. The van der Waals surface area contributed by atoms with E-state index in [1.165, 1.54) is 0 Å². The Bertz CT molecular complexity index is 668. The SMILES string of the molecule is FC1CC1.O=Cc1nc2n(n1)C(c1ccccc1)CC2(F)F. The average Bonchev–Trinajstić information content (AvgIpc) is 3.10. The summed E-state index contributed by atoms with van der Waals surface area (Å²) in [5.74, 6) is -3.68. The first-order valence-corrected chi connectivity index (χ1v) is 7.00. The normalized spacial score (nSPS) is 21.7. The Morgan fingerprint density at radius 1 is 1.23 bits per heavy atom. The van der Waals surface area contributed by atoms with Gasteiger partial charge in [-0.15, -0.1) is 5.10 Å². The summed E-state index contributed by atoms with van der Waals surface area (Å²) in [6.07, 6.45) is 1.23. The molecule has 4 nitrogen and oxygen atoms in total. The second-order valence-corrected chi connectivity index (χ2v) is 5.37. The van der Waals surface area contributed by atoms with Gasteiger partial charge in [-0.05, 0) is 18.4 Å². The lowest BCUT2D eigenvalue weighted by molar-refractivity contribution is -0.00881. The van der Waals surface area contributed by atoms with E-state index in [0.29, 0.717) is 6.29 Å². The summed E-state index contributed by atoms with van der Waals surface area (Å²) >= 11 is 0. The van der Waals surface area contributed by atoms with Crippen LogP contribution in [0.3, 0.4) is 0 Å². The van der Waals surface area contributed by atoms with Crippen LogP contribution in [-0.4, -0.2) is 27.2 Å². The molecule has 116 valence electrons. The molecule has 1 atom stereocenters. The number of nitrogens with zero attached hydrogens (tertiary/aromatic N) is 3. The smallest absolute Gasteiger partial charge is 0.294 e. The van der Waals surface area contributed by atoms with Gasteiger partial charge in [0.2, 0.25) is 5.82 Å². The molecule has 1 unspecified atom stereocenters. The standard InChI is InChI=1S/C12H9F2N3O.C3H5F/c13-12(14)6-9(8-4-2-1-3-5-8)17-11(12)15-10(7-18)16-17;4-3-1-2-3/h1-5,7,9H,6H2;3H,1-2H2. The van der Waals surface area contributed by atoms with E-state index in [2.05, 4.69) is 10.1 Å². The predicted molar refractivity (Wildman–Crippen MR) is 72.6 cm³/mol. The maximum atomic E-state index is 13.8. The van der Waals surface area contributed by atoms with Crippen LogP contribution in [0.5, 0.6) is 0 Å². The van der Waals surface area contributed by atoms with E-state index in [1.807, 2.05) is 6.07 Å². The first kappa shape index (κ1) is 14.7. The highest BCUT2D eigenvalue weighted by Gasteiger charge is 2.48. The van der Waals surface area contributed by atoms with Crippen LogP contribution in [-0.2, 0) is 5.92 Å². The Kier molecular flexibility index (Phi) is 3.72. The first-order valence-electron chi connectivity index (χ1n) is 7.00. The highest BCUT2D eigenvalue weighted by Crippen LogP contribution is 2.44. The summed E-state index contributed by atoms with van der Waals surface area (Å²) in [4.78, 5) is 14.2. The molecule has 0 spiro atoms. The number of hydrogen-bond donors (Lipinski definition) is 0. The van der Waals surface area contributed by atoms with E-state index in [0.717, 1.165) is 23.1 Å². The summed E-state index contributed by atoms with van der Waals surface area (Å²) in [5.41, 5.74) is 0.735. The number of halogens is 3. The number of fused-ring (bicyclic) bond motifs is 1. The van der Waals surface area contributed by atoms with Crippen molar-refractivity contribution in [3.05, 3.63) is 47.5 Å². The van der Waals surface area contributed by atoms with Crippen LogP contribution in [0, 0.1) is 0 Å². The summed E-state index contributed by atoms with van der Waals surface area (Å²) in [6.45, 7) is 0. The number of hydrogen-bond acceptors (Lipinski definition) is 3. The van der Waals surface area contributed by atoms with Crippen molar-refractivity contribution in [3.8, 4) is 0 Å². The first-order chi connectivity index (χ1) is 10.5. The summed E-state index contributed by atoms with van der Waals surface area (Å²) in [5, 5.41) is 3.82. The summed E-state index contributed by atoms with van der Waals surface area (Å²) in [6, 6.07) is 8.33.